The van der Waals surface area contributed by atoms with Gasteiger partial charge in [-0.2, -0.15) is 0 Å². The topological polar surface area (TPSA) is 32.3 Å². The van der Waals surface area contributed by atoms with Crippen molar-refractivity contribution in [3.63, 3.8) is 0 Å². The molecule has 1 heterocycles. The summed E-state index contributed by atoms with van der Waals surface area (Å²) in [6, 6.07) is 5.42. The number of carbonyl (C=O) groups is 1. The van der Waals surface area contributed by atoms with E-state index in [1.165, 1.54) is 0 Å². The van der Waals surface area contributed by atoms with Crippen LogP contribution in [0, 0.1) is 0 Å². The van der Waals surface area contributed by atoms with E-state index in [1.807, 2.05) is 13.1 Å². The van der Waals surface area contributed by atoms with E-state index in [2.05, 4.69) is 5.32 Å². The first-order valence-corrected chi connectivity index (χ1v) is 6.76. The fourth-order valence-electron chi connectivity index (χ4n) is 2.15. The molecule has 6 heteroatoms. The van der Waals surface area contributed by atoms with Crippen molar-refractivity contribution < 1.29 is 4.79 Å². The lowest BCUT2D eigenvalue weighted by Crippen LogP contribution is -2.41. The molecule has 106 valence electrons. The minimum atomic E-state index is -0.0298. The Bertz CT molecular complexity index is 448. The van der Waals surface area contributed by atoms with Gasteiger partial charge in [0.25, 0.3) is 0 Å². The molecule has 0 spiro atoms. The molecule has 1 atom stereocenters. The van der Waals surface area contributed by atoms with Gasteiger partial charge in [0.2, 0.25) is 5.91 Å². The van der Waals surface area contributed by atoms with Gasteiger partial charge in [-0.05, 0) is 37.1 Å². The predicted octanol–water partition coefficient (Wildman–Crippen LogP) is 3.13. The Kier molecular flexibility index (Phi) is 6.40. The molecule has 1 aliphatic heterocycles. The number of rotatable bonds is 3. The van der Waals surface area contributed by atoms with Crippen LogP contribution in [0.15, 0.2) is 18.2 Å². The fraction of sp³-hybridized carbons (Fsp3) is 0.462. The molecule has 3 nitrogen and oxygen atoms in total. The number of amides is 1. The maximum Gasteiger partial charge on any atom is 0.239 e. The van der Waals surface area contributed by atoms with Crippen molar-refractivity contribution in [1.29, 1.82) is 0 Å². The van der Waals surface area contributed by atoms with E-state index in [0.717, 1.165) is 24.9 Å². The Morgan fingerprint density at radius 1 is 1.42 bits per heavy atom. The molecule has 1 aliphatic rings. The molecule has 2 rings (SSSR count). The van der Waals surface area contributed by atoms with Gasteiger partial charge in [-0.25, -0.2) is 0 Å². The first kappa shape index (κ1) is 16.6. The van der Waals surface area contributed by atoms with Crippen LogP contribution in [-0.4, -0.2) is 30.4 Å². The summed E-state index contributed by atoms with van der Waals surface area (Å²) >= 11 is 11.8. The molecule has 0 aromatic heterocycles. The highest BCUT2D eigenvalue weighted by atomic mass is 35.5. The van der Waals surface area contributed by atoms with E-state index in [4.69, 9.17) is 23.2 Å². The van der Waals surface area contributed by atoms with E-state index in [9.17, 15) is 4.79 Å². The number of nitrogens with zero attached hydrogens (tertiary/aromatic N) is 1. The van der Waals surface area contributed by atoms with Gasteiger partial charge < -0.3 is 10.2 Å². The van der Waals surface area contributed by atoms with E-state index in [1.54, 1.807) is 17.0 Å². The van der Waals surface area contributed by atoms with Crippen LogP contribution in [0.3, 0.4) is 0 Å². The molecule has 0 bridgehead atoms. The Balaban J connectivity index is 0.00000180. The predicted molar refractivity (Wildman–Crippen MR) is 81.2 cm³/mol. The number of hydrogen-bond donors (Lipinski definition) is 1. The minimum Gasteiger partial charge on any atom is -0.340 e. The van der Waals surface area contributed by atoms with E-state index in [0.29, 0.717) is 16.6 Å². The summed E-state index contributed by atoms with van der Waals surface area (Å²) in [5.74, 6) is 0.138. The van der Waals surface area contributed by atoms with Gasteiger partial charge >= 0.3 is 0 Å². The van der Waals surface area contributed by atoms with Gasteiger partial charge in [0, 0.05) is 13.6 Å². The Hall–Kier alpha value is -0.480. The second kappa shape index (κ2) is 7.34. The fourth-order valence-corrected chi connectivity index (χ4v) is 2.47. The number of benzene rings is 1. The largest absolute Gasteiger partial charge is 0.340 e. The molecular weight excluding hydrogens is 307 g/mol. The molecule has 1 saturated heterocycles. The third-order valence-corrected chi connectivity index (χ3v) is 3.88. The first-order valence-electron chi connectivity index (χ1n) is 6.00. The third kappa shape index (κ3) is 4.25. The molecule has 0 unspecified atom stereocenters. The smallest absolute Gasteiger partial charge is 0.239 e. The van der Waals surface area contributed by atoms with E-state index in [-0.39, 0.29) is 24.4 Å². The average Bonchev–Trinajstić information content (AvgIpc) is 2.86. The standard InChI is InChI=1S/C13H16Cl2N2O.ClH/c1-17(13(18)12-3-2-6-16-12)8-9-4-5-10(14)11(15)7-9;/h4-5,7,12,16H,2-3,6,8H2,1H3;1H/t12-;/m0./s1. The van der Waals surface area contributed by atoms with Gasteiger partial charge in [-0.15, -0.1) is 12.4 Å². The number of likely N-dealkylation sites (N-methyl/N-ethyl adjacent to an activating group) is 1. The summed E-state index contributed by atoms with van der Waals surface area (Å²) in [6.07, 6.45) is 1.99. The molecule has 1 fully saturated rings. The lowest BCUT2D eigenvalue weighted by atomic mass is 10.1. The van der Waals surface area contributed by atoms with Crippen molar-refractivity contribution in [1.82, 2.24) is 10.2 Å². The van der Waals surface area contributed by atoms with Crippen molar-refractivity contribution in [2.24, 2.45) is 0 Å². The highest BCUT2D eigenvalue weighted by molar-refractivity contribution is 6.42. The van der Waals surface area contributed by atoms with E-state index < -0.39 is 0 Å². The molecule has 1 N–H and O–H groups in total. The normalized spacial score (nSPS) is 17.9. The van der Waals surface area contributed by atoms with Crippen LogP contribution in [0.1, 0.15) is 18.4 Å². The van der Waals surface area contributed by atoms with Crippen molar-refractivity contribution in [2.75, 3.05) is 13.6 Å². The van der Waals surface area contributed by atoms with Crippen molar-refractivity contribution in [3.05, 3.63) is 33.8 Å². The zero-order chi connectivity index (χ0) is 13.1. The second-order valence-electron chi connectivity index (χ2n) is 4.59. The van der Waals surface area contributed by atoms with Crippen molar-refractivity contribution in [3.8, 4) is 0 Å². The molecular formula is C13H17Cl3N2O. The van der Waals surface area contributed by atoms with Crippen molar-refractivity contribution in [2.45, 2.75) is 25.4 Å². The molecule has 0 aliphatic carbocycles. The van der Waals surface area contributed by atoms with Gasteiger partial charge in [0.15, 0.2) is 0 Å². The molecule has 0 radical (unpaired) electrons. The van der Waals surface area contributed by atoms with Crippen LogP contribution < -0.4 is 5.32 Å². The summed E-state index contributed by atoms with van der Waals surface area (Å²) in [5.41, 5.74) is 0.984. The highest BCUT2D eigenvalue weighted by Gasteiger charge is 2.24. The van der Waals surface area contributed by atoms with E-state index >= 15 is 0 Å². The minimum absolute atomic E-state index is 0. The molecule has 1 amide bonds. The first-order chi connectivity index (χ1) is 8.58. The van der Waals surface area contributed by atoms with Crippen LogP contribution >= 0.6 is 35.6 Å². The Labute approximate surface area is 129 Å². The maximum atomic E-state index is 12.1. The molecule has 0 saturated carbocycles. The SMILES string of the molecule is CN(Cc1ccc(Cl)c(Cl)c1)C(=O)[C@@H]1CCCN1.Cl. The van der Waals surface area contributed by atoms with Crippen LogP contribution in [0.4, 0.5) is 0 Å². The summed E-state index contributed by atoms with van der Waals surface area (Å²) in [7, 11) is 1.81. The zero-order valence-corrected chi connectivity index (χ0v) is 13.0. The molecule has 1 aromatic rings. The third-order valence-electron chi connectivity index (χ3n) is 3.14. The van der Waals surface area contributed by atoms with Gasteiger partial charge in [0.05, 0.1) is 16.1 Å². The summed E-state index contributed by atoms with van der Waals surface area (Å²) < 4.78 is 0. The zero-order valence-electron chi connectivity index (χ0n) is 10.7. The Morgan fingerprint density at radius 2 is 2.16 bits per heavy atom. The summed E-state index contributed by atoms with van der Waals surface area (Å²) in [5, 5.41) is 4.26. The van der Waals surface area contributed by atoms with Crippen LogP contribution in [0.25, 0.3) is 0 Å². The molecule has 1 aromatic carbocycles. The Morgan fingerprint density at radius 3 is 2.74 bits per heavy atom. The average molecular weight is 324 g/mol. The highest BCUT2D eigenvalue weighted by Crippen LogP contribution is 2.23. The second-order valence-corrected chi connectivity index (χ2v) is 5.41. The summed E-state index contributed by atoms with van der Waals surface area (Å²) in [4.78, 5) is 13.8. The number of nitrogens with one attached hydrogen (secondary N) is 1. The lowest BCUT2D eigenvalue weighted by molar-refractivity contribution is -0.132. The van der Waals surface area contributed by atoms with Crippen LogP contribution in [0.2, 0.25) is 10.0 Å². The molecule has 19 heavy (non-hydrogen) atoms. The van der Waals surface area contributed by atoms with Gasteiger partial charge in [0.1, 0.15) is 0 Å². The van der Waals surface area contributed by atoms with Crippen molar-refractivity contribution >= 4 is 41.5 Å². The quantitative estimate of drug-likeness (QED) is 0.927. The number of hydrogen-bond acceptors (Lipinski definition) is 2. The number of halogens is 3. The lowest BCUT2D eigenvalue weighted by Gasteiger charge is -2.21. The van der Waals surface area contributed by atoms with Crippen LogP contribution in [-0.2, 0) is 11.3 Å². The maximum absolute atomic E-state index is 12.1. The number of carbonyl (C=O) groups excluding carboxylic acids is 1. The van der Waals surface area contributed by atoms with Gasteiger partial charge in [-0.3, -0.25) is 4.79 Å². The van der Waals surface area contributed by atoms with Crippen LogP contribution in [0.5, 0.6) is 0 Å². The monoisotopic (exact) mass is 322 g/mol. The summed E-state index contributed by atoms with van der Waals surface area (Å²) in [6.45, 7) is 1.48. The van der Waals surface area contributed by atoms with Gasteiger partial charge in [-0.1, -0.05) is 29.3 Å².